The Bertz CT molecular complexity index is 943. The van der Waals surface area contributed by atoms with Crippen LogP contribution in [0.15, 0.2) is 59.5 Å². The Morgan fingerprint density at radius 3 is 2.14 bits per heavy atom. The number of rotatable bonds is 5. The first-order valence-electron chi connectivity index (χ1n) is 9.13. The van der Waals surface area contributed by atoms with Gasteiger partial charge in [-0.15, -0.1) is 0 Å². The van der Waals surface area contributed by atoms with E-state index in [1.807, 2.05) is 0 Å². The number of sulfonamides is 1. The Hall–Kier alpha value is -2.71. The minimum atomic E-state index is -3.74. The van der Waals surface area contributed by atoms with Gasteiger partial charge in [0.25, 0.3) is 0 Å². The molecule has 1 aliphatic rings. The summed E-state index contributed by atoms with van der Waals surface area (Å²) in [5.74, 6) is -0.535. The van der Waals surface area contributed by atoms with Gasteiger partial charge in [0.2, 0.25) is 21.8 Å². The highest BCUT2D eigenvalue weighted by atomic mass is 32.2. The quantitative estimate of drug-likeness (QED) is 0.805. The number of hydrogen-bond acceptors (Lipinski definition) is 4. The summed E-state index contributed by atoms with van der Waals surface area (Å²) >= 11 is 0. The number of piperidine rings is 1. The van der Waals surface area contributed by atoms with Crippen molar-refractivity contribution in [2.45, 2.75) is 37.1 Å². The lowest BCUT2D eigenvalue weighted by atomic mass is 10.0. The second-order valence-corrected chi connectivity index (χ2v) is 8.58. The zero-order valence-corrected chi connectivity index (χ0v) is 16.4. The number of hydrogen-bond donors (Lipinski definition) is 2. The third kappa shape index (κ3) is 4.58. The summed E-state index contributed by atoms with van der Waals surface area (Å²) < 4.78 is 27.3. The molecule has 7 nitrogen and oxygen atoms in total. The average Bonchev–Trinajstić information content (AvgIpc) is 2.70. The van der Waals surface area contributed by atoms with Crippen LogP contribution in [0.3, 0.4) is 0 Å². The van der Waals surface area contributed by atoms with Crippen LogP contribution in [-0.4, -0.2) is 37.1 Å². The van der Waals surface area contributed by atoms with E-state index in [2.05, 4.69) is 10.6 Å². The predicted molar refractivity (Wildman–Crippen MR) is 107 cm³/mol. The molecule has 28 heavy (non-hydrogen) atoms. The zero-order chi connectivity index (χ0) is 20.1. The van der Waals surface area contributed by atoms with E-state index in [0.29, 0.717) is 24.3 Å². The first-order valence-corrected chi connectivity index (χ1v) is 10.6. The Labute approximate surface area is 164 Å². The van der Waals surface area contributed by atoms with E-state index >= 15 is 0 Å². The smallest absolute Gasteiger partial charge is 0.243 e. The van der Waals surface area contributed by atoms with Gasteiger partial charge in [-0.25, -0.2) is 8.42 Å². The van der Waals surface area contributed by atoms with Crippen molar-refractivity contribution in [1.82, 2.24) is 4.31 Å². The van der Waals surface area contributed by atoms with Crippen LogP contribution in [0.4, 0.5) is 11.4 Å². The molecule has 2 aromatic carbocycles. The van der Waals surface area contributed by atoms with Gasteiger partial charge in [-0.3, -0.25) is 9.59 Å². The summed E-state index contributed by atoms with van der Waals surface area (Å²) in [6.45, 7) is 1.73. The average molecular weight is 401 g/mol. The lowest BCUT2D eigenvalue weighted by Crippen LogP contribution is -2.49. The molecule has 1 saturated heterocycles. The molecule has 0 aromatic heterocycles. The summed E-state index contributed by atoms with van der Waals surface area (Å²) in [7, 11) is -3.74. The molecule has 3 rings (SSSR count). The normalized spacial score (nSPS) is 17.7. The van der Waals surface area contributed by atoms with Crippen molar-refractivity contribution in [3.63, 3.8) is 0 Å². The van der Waals surface area contributed by atoms with E-state index in [0.717, 1.165) is 12.8 Å². The number of benzene rings is 2. The number of nitrogens with one attached hydrogen (secondary N) is 2. The summed E-state index contributed by atoms with van der Waals surface area (Å²) in [5, 5.41) is 5.44. The van der Waals surface area contributed by atoms with Gasteiger partial charge < -0.3 is 10.6 Å². The van der Waals surface area contributed by atoms with Crippen molar-refractivity contribution in [3.8, 4) is 0 Å². The van der Waals surface area contributed by atoms with E-state index in [1.54, 1.807) is 54.6 Å². The summed E-state index contributed by atoms with van der Waals surface area (Å²) in [6, 6.07) is 14.1. The van der Waals surface area contributed by atoms with Gasteiger partial charge in [0, 0.05) is 24.8 Å². The van der Waals surface area contributed by atoms with Crippen molar-refractivity contribution < 1.29 is 18.0 Å². The molecule has 1 fully saturated rings. The molecule has 0 aliphatic carbocycles. The highest BCUT2D eigenvalue weighted by molar-refractivity contribution is 7.89. The standard InChI is InChI=1S/C20H23N3O4S/c1-15(24)21-16-10-12-17(13-11-16)22-20(25)19-9-5-6-14-23(19)28(26,27)18-7-3-2-4-8-18/h2-4,7-8,10-13,19H,5-6,9,14H2,1H3,(H,21,24)(H,22,25)/t19-/m1/s1. The second kappa shape index (κ2) is 8.53. The van der Waals surface area contributed by atoms with E-state index in [1.165, 1.54) is 11.2 Å². The van der Waals surface area contributed by atoms with Crippen LogP contribution in [0, 0.1) is 0 Å². The van der Waals surface area contributed by atoms with Gasteiger partial charge in [-0.05, 0) is 49.2 Å². The van der Waals surface area contributed by atoms with Crippen molar-refractivity contribution in [2.75, 3.05) is 17.2 Å². The molecule has 0 saturated carbocycles. The molecule has 0 unspecified atom stereocenters. The van der Waals surface area contributed by atoms with Crippen molar-refractivity contribution in [2.24, 2.45) is 0 Å². The molecule has 1 heterocycles. The Balaban J connectivity index is 1.76. The van der Waals surface area contributed by atoms with Gasteiger partial charge in [0.05, 0.1) is 4.90 Å². The number of anilines is 2. The molecule has 0 radical (unpaired) electrons. The molecule has 0 bridgehead atoms. The van der Waals surface area contributed by atoms with E-state index < -0.39 is 16.1 Å². The predicted octanol–water partition coefficient (Wildman–Crippen LogP) is 2.83. The Morgan fingerprint density at radius 1 is 0.929 bits per heavy atom. The fourth-order valence-corrected chi connectivity index (χ4v) is 4.93. The third-order valence-corrected chi connectivity index (χ3v) is 6.50. The SMILES string of the molecule is CC(=O)Nc1ccc(NC(=O)[C@H]2CCCCN2S(=O)(=O)c2ccccc2)cc1. The number of carbonyl (C=O) groups is 2. The number of amides is 2. The van der Waals surface area contributed by atoms with Crippen LogP contribution in [-0.2, 0) is 19.6 Å². The molecule has 8 heteroatoms. The third-order valence-electron chi connectivity index (χ3n) is 4.58. The monoisotopic (exact) mass is 401 g/mol. The zero-order valence-electron chi connectivity index (χ0n) is 15.6. The first kappa shape index (κ1) is 20.0. The molecule has 2 amide bonds. The molecular weight excluding hydrogens is 378 g/mol. The number of carbonyl (C=O) groups excluding carboxylic acids is 2. The van der Waals surface area contributed by atoms with Crippen LogP contribution in [0.25, 0.3) is 0 Å². The van der Waals surface area contributed by atoms with Crippen LogP contribution in [0.1, 0.15) is 26.2 Å². The largest absolute Gasteiger partial charge is 0.326 e. The minimum absolute atomic E-state index is 0.180. The highest BCUT2D eigenvalue weighted by Gasteiger charge is 2.37. The van der Waals surface area contributed by atoms with E-state index in [-0.39, 0.29) is 16.7 Å². The minimum Gasteiger partial charge on any atom is -0.326 e. The molecule has 2 aromatic rings. The molecule has 1 atom stereocenters. The summed E-state index contributed by atoms with van der Waals surface area (Å²) in [6.07, 6.45) is 1.99. The van der Waals surface area contributed by atoms with Gasteiger partial charge in [0.1, 0.15) is 6.04 Å². The van der Waals surface area contributed by atoms with Crippen molar-refractivity contribution >= 4 is 33.2 Å². The number of nitrogens with zero attached hydrogens (tertiary/aromatic N) is 1. The highest BCUT2D eigenvalue weighted by Crippen LogP contribution is 2.26. The van der Waals surface area contributed by atoms with Crippen LogP contribution >= 0.6 is 0 Å². The fraction of sp³-hybridized carbons (Fsp3) is 0.300. The molecular formula is C20H23N3O4S. The lowest BCUT2D eigenvalue weighted by Gasteiger charge is -2.33. The van der Waals surface area contributed by atoms with Crippen LogP contribution < -0.4 is 10.6 Å². The maximum atomic E-state index is 13.0. The van der Waals surface area contributed by atoms with E-state index in [9.17, 15) is 18.0 Å². The lowest BCUT2D eigenvalue weighted by molar-refractivity contribution is -0.120. The molecule has 2 N–H and O–H groups in total. The summed E-state index contributed by atoms with van der Waals surface area (Å²) in [5.41, 5.74) is 1.16. The van der Waals surface area contributed by atoms with Crippen molar-refractivity contribution in [3.05, 3.63) is 54.6 Å². The van der Waals surface area contributed by atoms with Gasteiger partial charge >= 0.3 is 0 Å². The topological polar surface area (TPSA) is 95.6 Å². The van der Waals surface area contributed by atoms with Crippen LogP contribution in [0.2, 0.25) is 0 Å². The Kier molecular flexibility index (Phi) is 6.11. The molecule has 0 spiro atoms. The second-order valence-electron chi connectivity index (χ2n) is 6.69. The summed E-state index contributed by atoms with van der Waals surface area (Å²) in [4.78, 5) is 24.1. The first-order chi connectivity index (χ1) is 13.4. The molecule has 1 aliphatic heterocycles. The van der Waals surface area contributed by atoms with Gasteiger partial charge in [0.15, 0.2) is 0 Å². The van der Waals surface area contributed by atoms with Crippen LogP contribution in [0.5, 0.6) is 0 Å². The van der Waals surface area contributed by atoms with Gasteiger partial charge in [-0.1, -0.05) is 24.6 Å². The fourth-order valence-electron chi connectivity index (χ4n) is 3.25. The van der Waals surface area contributed by atoms with Gasteiger partial charge in [-0.2, -0.15) is 4.31 Å². The van der Waals surface area contributed by atoms with Crippen molar-refractivity contribution in [1.29, 1.82) is 0 Å². The Morgan fingerprint density at radius 2 is 1.54 bits per heavy atom. The maximum Gasteiger partial charge on any atom is 0.243 e. The molecule has 148 valence electrons. The van der Waals surface area contributed by atoms with E-state index in [4.69, 9.17) is 0 Å². The maximum absolute atomic E-state index is 13.0.